The monoisotopic (exact) mass is 1010 g/mol. The van der Waals surface area contributed by atoms with Gasteiger partial charge in [-0.1, -0.05) is 236 Å². The van der Waals surface area contributed by atoms with E-state index in [2.05, 4.69) is 278 Å². The van der Waals surface area contributed by atoms with Crippen LogP contribution in [0.15, 0.2) is 283 Å². The average molecular weight is 1010 g/mol. The molecule has 362 valence electrons. The highest BCUT2D eigenvalue weighted by molar-refractivity contribution is 7.99. The molecule has 2 nitrogen and oxygen atoms in total. The summed E-state index contributed by atoms with van der Waals surface area (Å²) in [6, 6.07) is 103. The maximum absolute atomic E-state index is 6.78. The molecular formula is C75H45NOS. The number of nitrogens with zero attached hydrogens (tertiary/aromatic N) is 1. The van der Waals surface area contributed by atoms with Crippen LogP contribution in [-0.4, -0.2) is 0 Å². The predicted molar refractivity (Wildman–Crippen MR) is 316 cm³/mol. The van der Waals surface area contributed by atoms with Crippen molar-refractivity contribution in [1.29, 1.82) is 0 Å². The minimum atomic E-state index is -0.595. The lowest BCUT2D eigenvalue weighted by atomic mass is 9.66. The topological polar surface area (TPSA) is 12.5 Å². The van der Waals surface area contributed by atoms with Crippen molar-refractivity contribution in [2.45, 2.75) is 26.0 Å². The van der Waals surface area contributed by atoms with Gasteiger partial charge >= 0.3 is 0 Å². The first kappa shape index (κ1) is 42.8. The van der Waals surface area contributed by atoms with Gasteiger partial charge in [0, 0.05) is 37.7 Å². The molecule has 0 saturated carbocycles. The van der Waals surface area contributed by atoms with Crippen LogP contribution < -0.4 is 9.64 Å². The highest BCUT2D eigenvalue weighted by atomic mass is 32.2. The molecule has 3 spiro atoms. The molecule has 3 heteroatoms. The van der Waals surface area contributed by atoms with Gasteiger partial charge in [-0.05, 0) is 138 Å². The Bertz CT molecular complexity index is 4480. The van der Waals surface area contributed by atoms with E-state index >= 15 is 0 Å². The van der Waals surface area contributed by atoms with Crippen LogP contribution in [0.5, 0.6) is 11.5 Å². The van der Waals surface area contributed by atoms with E-state index < -0.39 is 16.2 Å². The summed E-state index contributed by atoms with van der Waals surface area (Å²) in [6.45, 7) is 0. The smallest absolute Gasteiger partial charge is 0.132 e. The fourth-order valence-corrected chi connectivity index (χ4v) is 17.0. The second kappa shape index (κ2) is 15.4. The van der Waals surface area contributed by atoms with Crippen molar-refractivity contribution < 1.29 is 4.74 Å². The van der Waals surface area contributed by atoms with Crippen molar-refractivity contribution in [2.75, 3.05) is 4.90 Å². The first-order valence-electron chi connectivity index (χ1n) is 27.2. The summed E-state index contributed by atoms with van der Waals surface area (Å²) in [5.74, 6) is 1.78. The van der Waals surface area contributed by atoms with E-state index in [1.165, 1.54) is 110 Å². The number of benzene rings is 12. The van der Waals surface area contributed by atoms with Crippen LogP contribution >= 0.6 is 11.8 Å². The van der Waals surface area contributed by atoms with E-state index in [0.29, 0.717) is 0 Å². The first-order chi connectivity index (χ1) is 38.7. The van der Waals surface area contributed by atoms with Crippen LogP contribution in [0.3, 0.4) is 0 Å². The van der Waals surface area contributed by atoms with Crippen molar-refractivity contribution in [3.05, 3.63) is 340 Å². The third-order valence-electron chi connectivity index (χ3n) is 18.4. The molecular weight excluding hydrogens is 963 g/mol. The van der Waals surface area contributed by atoms with Gasteiger partial charge in [-0.3, -0.25) is 0 Å². The van der Waals surface area contributed by atoms with Gasteiger partial charge < -0.3 is 9.64 Å². The molecule has 0 bridgehead atoms. The number of para-hydroxylation sites is 2. The van der Waals surface area contributed by atoms with Gasteiger partial charge in [0.05, 0.1) is 27.6 Å². The van der Waals surface area contributed by atoms with Gasteiger partial charge in [-0.25, -0.2) is 0 Å². The van der Waals surface area contributed by atoms with Crippen molar-refractivity contribution in [3.63, 3.8) is 0 Å². The van der Waals surface area contributed by atoms with Crippen LogP contribution in [0.2, 0.25) is 0 Å². The number of hydrogen-bond acceptors (Lipinski definition) is 3. The van der Waals surface area contributed by atoms with E-state index in [9.17, 15) is 0 Å². The lowest BCUT2D eigenvalue weighted by Gasteiger charge is -2.40. The molecule has 0 unspecified atom stereocenters. The molecule has 0 amide bonds. The Kier molecular flexibility index (Phi) is 8.43. The third kappa shape index (κ3) is 5.03. The Labute approximate surface area is 457 Å². The number of hydrogen-bond donors (Lipinski definition) is 0. The van der Waals surface area contributed by atoms with Crippen LogP contribution in [-0.2, 0) is 16.2 Å². The van der Waals surface area contributed by atoms with Crippen molar-refractivity contribution in [1.82, 2.24) is 0 Å². The Morgan fingerprint density at radius 1 is 0.256 bits per heavy atom. The molecule has 6 aliphatic rings. The molecule has 0 atom stereocenters. The lowest BCUT2D eigenvalue weighted by Crippen LogP contribution is -2.32. The fourth-order valence-electron chi connectivity index (χ4n) is 15.8. The molecule has 0 saturated heterocycles. The van der Waals surface area contributed by atoms with E-state index in [1.54, 1.807) is 0 Å². The maximum Gasteiger partial charge on any atom is 0.132 e. The Balaban J connectivity index is 0.967. The lowest BCUT2D eigenvalue weighted by molar-refractivity contribution is 0.436. The van der Waals surface area contributed by atoms with Crippen LogP contribution in [0, 0.1) is 0 Å². The molecule has 12 aromatic carbocycles. The van der Waals surface area contributed by atoms with Gasteiger partial charge in [-0.15, -0.1) is 0 Å². The van der Waals surface area contributed by atoms with Crippen molar-refractivity contribution in [2.24, 2.45) is 0 Å². The Morgan fingerprint density at radius 3 is 1.08 bits per heavy atom. The molecule has 12 aromatic rings. The van der Waals surface area contributed by atoms with Gasteiger partial charge in [0.1, 0.15) is 11.5 Å². The molecule has 78 heavy (non-hydrogen) atoms. The number of fused-ring (bicyclic) bond motifs is 28. The summed E-state index contributed by atoms with van der Waals surface area (Å²) >= 11 is 1.89. The van der Waals surface area contributed by atoms with Crippen LogP contribution in [0.4, 0.5) is 17.1 Å². The van der Waals surface area contributed by atoms with Gasteiger partial charge in [0.2, 0.25) is 0 Å². The zero-order valence-corrected chi connectivity index (χ0v) is 43.1. The molecule has 0 aromatic heterocycles. The molecule has 0 N–H and O–H groups in total. The molecule has 2 aliphatic heterocycles. The van der Waals surface area contributed by atoms with Crippen molar-refractivity contribution >= 4 is 28.8 Å². The van der Waals surface area contributed by atoms with E-state index in [1.807, 2.05) is 11.8 Å². The average Bonchev–Trinajstić information content (AvgIpc) is 4.39. The van der Waals surface area contributed by atoms with E-state index in [4.69, 9.17) is 4.74 Å². The highest BCUT2D eigenvalue weighted by Crippen LogP contribution is 2.69. The minimum absolute atomic E-state index is 0.517. The quantitative estimate of drug-likeness (QED) is 0.175. The Morgan fingerprint density at radius 2 is 0.590 bits per heavy atom. The number of ether oxygens (including phenoxy) is 1. The minimum Gasteiger partial charge on any atom is -0.457 e. The van der Waals surface area contributed by atoms with Crippen molar-refractivity contribution in [3.8, 4) is 56.0 Å². The summed E-state index contributed by atoms with van der Waals surface area (Å²) in [5, 5.41) is 0. The normalized spacial score (nSPS) is 15.3. The predicted octanol–water partition coefficient (Wildman–Crippen LogP) is 18.8. The van der Waals surface area contributed by atoms with E-state index in [0.717, 1.165) is 39.7 Å². The largest absolute Gasteiger partial charge is 0.457 e. The summed E-state index contributed by atoms with van der Waals surface area (Å²) < 4.78 is 6.78. The summed E-state index contributed by atoms with van der Waals surface area (Å²) in [6.07, 6.45) is 0. The zero-order valence-electron chi connectivity index (χ0n) is 42.2. The fraction of sp³-hybridized carbons (Fsp3) is 0.0400. The highest BCUT2D eigenvalue weighted by Gasteiger charge is 2.55. The summed E-state index contributed by atoms with van der Waals surface area (Å²) in [4.78, 5) is 5.23. The van der Waals surface area contributed by atoms with Gasteiger partial charge in [0.15, 0.2) is 0 Å². The van der Waals surface area contributed by atoms with E-state index in [-0.39, 0.29) is 0 Å². The summed E-state index contributed by atoms with van der Waals surface area (Å²) in [7, 11) is 0. The summed E-state index contributed by atoms with van der Waals surface area (Å²) in [5.41, 5.74) is 27.2. The SMILES string of the molecule is c1ccc2c(c1)Oc1ccccc1C21c2ccccc2-c2cc(N(c3cccc4c3-c3ccccc3C43c4ccccc4Sc4ccccc43)c3cccc4c3-c3ccccc3C43c4ccccc4-c4ccccc43)ccc21. The molecule has 0 fully saturated rings. The Hall–Kier alpha value is -9.41. The number of anilines is 3. The maximum atomic E-state index is 6.78. The first-order valence-corrected chi connectivity index (χ1v) is 28.0. The number of rotatable bonds is 3. The van der Waals surface area contributed by atoms with Gasteiger partial charge in [0.25, 0.3) is 0 Å². The second-order valence-corrected chi connectivity index (χ2v) is 22.7. The molecule has 0 radical (unpaired) electrons. The molecule has 18 rings (SSSR count). The van der Waals surface area contributed by atoms with Crippen LogP contribution in [0.1, 0.15) is 66.8 Å². The van der Waals surface area contributed by atoms with Crippen LogP contribution in [0.25, 0.3) is 44.5 Å². The standard InChI is InChI=1S/C75H45NOS/c1-6-26-53-47(21-1)48-22-2-7-27-54(48)73(53)56-29-9-4-24-50(56)71-63(73)35-19-37-65(71)76(46-43-44-58-52(45-46)49-23-3-8-28-55(49)74(58)59-31-11-15-39-67(59)77-68-40-16-12-32-60(68)74)66-38-20-36-64-72(66)51-25-5-10-30-57(51)75(64)61-33-13-17-41-69(61)78-70-42-18-14-34-62(70)75/h1-45H. The third-order valence-corrected chi connectivity index (χ3v) is 19.6. The second-order valence-electron chi connectivity index (χ2n) is 21.6. The molecule has 2 heterocycles. The van der Waals surface area contributed by atoms with Gasteiger partial charge in [-0.2, -0.15) is 0 Å². The molecule has 4 aliphatic carbocycles. The zero-order chi connectivity index (χ0) is 50.9.